The number of pyridine rings is 1. The first kappa shape index (κ1) is 18.7. The lowest BCUT2D eigenvalue weighted by Gasteiger charge is -2.11. The van der Waals surface area contributed by atoms with Gasteiger partial charge >= 0.3 is 0 Å². The summed E-state index contributed by atoms with van der Waals surface area (Å²) in [5.74, 6) is -0.527. The number of hydrogen-bond acceptors (Lipinski definition) is 6. The van der Waals surface area contributed by atoms with Gasteiger partial charge in [0.25, 0.3) is 5.91 Å². The molecule has 0 saturated heterocycles. The Morgan fingerprint density at radius 3 is 2.66 bits per heavy atom. The maximum atomic E-state index is 12.6. The van der Waals surface area contributed by atoms with Crippen LogP contribution in [0.2, 0.25) is 0 Å². The predicted octanol–water partition coefficient (Wildman–Crippen LogP) is 2.99. The average molecular weight is 403 g/mol. The number of nitrogens with zero attached hydrogens (tertiary/aromatic N) is 4. The monoisotopic (exact) mass is 403 g/mol. The summed E-state index contributed by atoms with van der Waals surface area (Å²) in [5, 5.41) is 9.67. The molecule has 4 aromatic rings. The highest BCUT2D eigenvalue weighted by atomic mass is 32.1. The topological polar surface area (TPSA) is 89.8 Å². The Kier molecular flexibility index (Phi) is 5.26. The third-order valence-electron chi connectivity index (χ3n) is 4.25. The highest BCUT2D eigenvalue weighted by Crippen LogP contribution is 2.20. The van der Waals surface area contributed by atoms with Gasteiger partial charge in [-0.2, -0.15) is 5.10 Å². The maximum Gasteiger partial charge on any atom is 0.276 e. The molecule has 3 heterocycles. The largest absolute Gasteiger partial charge is 0.344 e. The molecule has 1 aromatic carbocycles. The van der Waals surface area contributed by atoms with E-state index in [1.54, 1.807) is 24.0 Å². The molecule has 0 bridgehead atoms. The van der Waals surface area contributed by atoms with Crippen LogP contribution in [-0.4, -0.2) is 25.7 Å². The van der Waals surface area contributed by atoms with Gasteiger partial charge in [-0.05, 0) is 31.2 Å². The van der Waals surface area contributed by atoms with Gasteiger partial charge in [-0.1, -0.05) is 18.2 Å². The lowest BCUT2D eigenvalue weighted by molar-refractivity contribution is 0.0943. The third kappa shape index (κ3) is 4.12. The number of benzene rings is 1. The molecule has 8 heteroatoms. The zero-order chi connectivity index (χ0) is 20.2. The summed E-state index contributed by atoms with van der Waals surface area (Å²) in [6.45, 7) is 1.99. The number of carbonyl (C=O) groups is 1. The molecule has 0 unspecified atom stereocenters. The second kappa shape index (κ2) is 8.15. The highest BCUT2D eigenvalue weighted by molar-refractivity contribution is 7.09. The minimum atomic E-state index is -0.527. The molecule has 0 atom stereocenters. The quantitative estimate of drug-likeness (QED) is 0.553. The van der Waals surface area contributed by atoms with Crippen molar-refractivity contribution >= 4 is 17.2 Å². The Morgan fingerprint density at radius 2 is 1.90 bits per heavy atom. The lowest BCUT2D eigenvalue weighted by Crippen LogP contribution is -2.31. The van der Waals surface area contributed by atoms with Crippen molar-refractivity contribution in [2.75, 3.05) is 0 Å². The van der Waals surface area contributed by atoms with Crippen LogP contribution in [0.25, 0.3) is 16.9 Å². The second-order valence-electron chi connectivity index (χ2n) is 6.29. The number of para-hydroxylation sites is 1. The van der Waals surface area contributed by atoms with Gasteiger partial charge in [0, 0.05) is 35.1 Å². The molecule has 0 fully saturated rings. The van der Waals surface area contributed by atoms with Crippen molar-refractivity contribution in [2.24, 2.45) is 0 Å². The Hall–Kier alpha value is -3.65. The van der Waals surface area contributed by atoms with Crippen LogP contribution in [0.5, 0.6) is 0 Å². The number of aryl methyl sites for hydroxylation is 1. The molecule has 7 nitrogen and oxygen atoms in total. The molecule has 1 amide bonds. The Bertz CT molecular complexity index is 1200. The van der Waals surface area contributed by atoms with E-state index in [9.17, 15) is 9.59 Å². The highest BCUT2D eigenvalue weighted by Gasteiger charge is 2.16. The van der Waals surface area contributed by atoms with Crippen molar-refractivity contribution in [1.82, 2.24) is 25.1 Å². The minimum absolute atomic E-state index is 0.148. The van der Waals surface area contributed by atoms with Crippen LogP contribution in [0.15, 0.2) is 71.1 Å². The Balaban J connectivity index is 1.52. The van der Waals surface area contributed by atoms with Gasteiger partial charge in [0.15, 0.2) is 5.69 Å². The van der Waals surface area contributed by atoms with E-state index >= 15 is 0 Å². The van der Waals surface area contributed by atoms with Crippen LogP contribution in [0.4, 0.5) is 0 Å². The fourth-order valence-corrected chi connectivity index (χ4v) is 3.57. The molecule has 29 heavy (non-hydrogen) atoms. The normalized spacial score (nSPS) is 10.7. The number of aromatic nitrogens is 4. The Labute approximate surface area is 170 Å². The first-order valence-electron chi connectivity index (χ1n) is 8.91. The summed E-state index contributed by atoms with van der Waals surface area (Å²) >= 11 is 1.44. The van der Waals surface area contributed by atoms with Gasteiger partial charge in [-0.15, -0.1) is 11.3 Å². The number of nitrogens with one attached hydrogen (secondary N) is 1. The van der Waals surface area contributed by atoms with E-state index in [2.05, 4.69) is 20.4 Å². The van der Waals surface area contributed by atoms with Gasteiger partial charge in [-0.3, -0.25) is 14.6 Å². The summed E-state index contributed by atoms with van der Waals surface area (Å²) in [6.07, 6.45) is 3.41. The van der Waals surface area contributed by atoms with Crippen LogP contribution >= 0.6 is 11.3 Å². The van der Waals surface area contributed by atoms with Gasteiger partial charge in [0.05, 0.1) is 17.9 Å². The van der Waals surface area contributed by atoms with Crippen LogP contribution in [-0.2, 0) is 6.54 Å². The molecule has 0 radical (unpaired) electrons. The van der Waals surface area contributed by atoms with Crippen molar-refractivity contribution in [2.45, 2.75) is 13.5 Å². The molecule has 1 N–H and O–H groups in total. The molecular formula is C21H17N5O2S. The van der Waals surface area contributed by atoms with Crippen molar-refractivity contribution in [3.8, 4) is 16.9 Å². The summed E-state index contributed by atoms with van der Waals surface area (Å²) in [6, 6.07) is 14.5. The molecule has 3 aromatic heterocycles. The molecular weight excluding hydrogens is 386 g/mol. The SMILES string of the molecule is Cc1cc(=O)c(C(=O)NCc2nc(-c3ccncc3)cs2)nn1-c1ccccc1. The number of carbonyl (C=O) groups excluding carboxylic acids is 1. The summed E-state index contributed by atoms with van der Waals surface area (Å²) < 4.78 is 1.58. The standard InChI is InChI=1S/C21H17N5O2S/c1-14-11-18(27)20(25-26(14)16-5-3-2-4-6-16)21(28)23-12-19-24-17(13-29-19)15-7-9-22-10-8-15/h2-11,13H,12H2,1H3,(H,23,28). The predicted molar refractivity (Wildman–Crippen MR) is 111 cm³/mol. The zero-order valence-electron chi connectivity index (χ0n) is 15.6. The summed E-state index contributed by atoms with van der Waals surface area (Å²) in [7, 11) is 0. The number of rotatable bonds is 5. The zero-order valence-corrected chi connectivity index (χ0v) is 16.4. The molecule has 4 rings (SSSR count). The molecule has 0 spiro atoms. The fraction of sp³-hybridized carbons (Fsp3) is 0.0952. The smallest absolute Gasteiger partial charge is 0.276 e. The van der Waals surface area contributed by atoms with Crippen molar-refractivity contribution < 1.29 is 4.79 Å². The van der Waals surface area contributed by atoms with E-state index in [0.29, 0.717) is 5.69 Å². The molecule has 144 valence electrons. The minimum Gasteiger partial charge on any atom is -0.344 e. The van der Waals surface area contributed by atoms with E-state index in [1.165, 1.54) is 17.4 Å². The molecule has 0 aliphatic rings. The van der Waals surface area contributed by atoms with Gasteiger partial charge < -0.3 is 5.32 Å². The van der Waals surface area contributed by atoms with Gasteiger partial charge in [0.1, 0.15) is 5.01 Å². The van der Waals surface area contributed by atoms with E-state index in [-0.39, 0.29) is 12.2 Å². The van der Waals surface area contributed by atoms with Crippen LogP contribution in [0, 0.1) is 6.92 Å². The molecule has 0 aliphatic carbocycles. The first-order valence-corrected chi connectivity index (χ1v) is 9.79. The second-order valence-corrected chi connectivity index (χ2v) is 7.23. The number of hydrogen-bond donors (Lipinski definition) is 1. The first-order chi connectivity index (χ1) is 14.1. The fourth-order valence-electron chi connectivity index (χ4n) is 2.82. The van der Waals surface area contributed by atoms with Crippen molar-refractivity contribution in [1.29, 1.82) is 0 Å². The van der Waals surface area contributed by atoms with Gasteiger partial charge in [0.2, 0.25) is 5.43 Å². The van der Waals surface area contributed by atoms with Crippen molar-refractivity contribution in [3.63, 3.8) is 0 Å². The summed E-state index contributed by atoms with van der Waals surface area (Å²) in [5.41, 5.74) is 2.65. The van der Waals surface area contributed by atoms with Gasteiger partial charge in [-0.25, -0.2) is 9.67 Å². The van der Waals surface area contributed by atoms with Crippen LogP contribution in [0.3, 0.4) is 0 Å². The molecule has 0 saturated carbocycles. The summed E-state index contributed by atoms with van der Waals surface area (Å²) in [4.78, 5) is 33.4. The van der Waals surface area contributed by atoms with Crippen molar-refractivity contribution in [3.05, 3.63) is 92.9 Å². The number of thiazole rings is 1. The van der Waals surface area contributed by atoms with E-state index in [1.807, 2.05) is 47.8 Å². The Morgan fingerprint density at radius 1 is 1.14 bits per heavy atom. The molecule has 0 aliphatic heterocycles. The van der Waals surface area contributed by atoms with Crippen LogP contribution < -0.4 is 10.7 Å². The van der Waals surface area contributed by atoms with E-state index in [4.69, 9.17) is 0 Å². The maximum absolute atomic E-state index is 12.6. The van der Waals surface area contributed by atoms with E-state index < -0.39 is 11.3 Å². The van der Waals surface area contributed by atoms with E-state index in [0.717, 1.165) is 22.0 Å². The lowest BCUT2D eigenvalue weighted by atomic mass is 10.2. The third-order valence-corrected chi connectivity index (χ3v) is 5.10. The number of amides is 1. The van der Waals surface area contributed by atoms with Crippen LogP contribution in [0.1, 0.15) is 21.2 Å². The average Bonchev–Trinajstić information content (AvgIpc) is 3.22.